The molecule has 0 rings (SSSR count). The van der Waals surface area contributed by atoms with E-state index >= 15 is 0 Å². The number of aliphatic hydroxyl groups is 3. The third-order valence-electron chi connectivity index (χ3n) is 2.60. The zero-order valence-electron chi connectivity index (χ0n) is 12.0. The number of aliphatic hydroxyl groups excluding tert-OH is 3. The second kappa shape index (κ2) is 9.32. The molecule has 1 atom stereocenters. The number of nitrogens with two attached hydrogens (primary N) is 1. The van der Waals surface area contributed by atoms with Crippen molar-refractivity contribution in [3.63, 3.8) is 0 Å². The SMILES string of the molecule is CC([CH2][AlH2])CC(C)(C)C.NC(CO)(CO)CO. The van der Waals surface area contributed by atoms with Crippen LogP contribution in [-0.4, -0.2) is 57.0 Å². The topological polar surface area (TPSA) is 86.7 Å². The van der Waals surface area contributed by atoms with E-state index in [0.717, 1.165) is 5.92 Å². The highest BCUT2D eigenvalue weighted by atomic mass is 27.0. The van der Waals surface area contributed by atoms with Crippen molar-refractivity contribution in [3.05, 3.63) is 0 Å². The van der Waals surface area contributed by atoms with Crippen LogP contribution in [0.15, 0.2) is 0 Å². The Labute approximate surface area is 114 Å². The predicted octanol–water partition coefficient (Wildman–Crippen LogP) is -0.229. The zero-order chi connectivity index (χ0) is 14.1. The summed E-state index contributed by atoms with van der Waals surface area (Å²) in [6, 6.07) is 0. The lowest BCUT2D eigenvalue weighted by molar-refractivity contribution is 0.0698. The molecule has 5 N–H and O–H groups in total. The Hall–Kier alpha value is 0.372. The Morgan fingerprint density at radius 1 is 1.06 bits per heavy atom. The molecule has 0 aromatic heterocycles. The molecule has 0 aliphatic heterocycles. The van der Waals surface area contributed by atoms with E-state index < -0.39 is 25.4 Å². The summed E-state index contributed by atoms with van der Waals surface area (Å²) in [4.78, 5) is 0. The van der Waals surface area contributed by atoms with Crippen molar-refractivity contribution >= 4 is 16.3 Å². The molecule has 0 fully saturated rings. The van der Waals surface area contributed by atoms with Gasteiger partial charge in [-0.05, 0) is 11.8 Å². The molecular formula is C12H30AlNO3. The third kappa shape index (κ3) is 12.6. The van der Waals surface area contributed by atoms with E-state index in [1.165, 1.54) is 28.0 Å². The highest BCUT2D eigenvalue weighted by Crippen LogP contribution is 2.25. The van der Waals surface area contributed by atoms with Crippen LogP contribution in [0.5, 0.6) is 0 Å². The molecule has 104 valence electrons. The summed E-state index contributed by atoms with van der Waals surface area (Å²) in [7, 11) is 0. The number of hydrogen-bond acceptors (Lipinski definition) is 4. The lowest BCUT2D eigenvalue weighted by atomic mass is 9.86. The highest BCUT2D eigenvalue weighted by molar-refractivity contribution is 6.08. The molecule has 0 saturated carbocycles. The van der Waals surface area contributed by atoms with Crippen LogP contribution in [0.3, 0.4) is 0 Å². The normalized spacial score (nSPS) is 13.9. The quantitative estimate of drug-likeness (QED) is 0.516. The summed E-state index contributed by atoms with van der Waals surface area (Å²) in [6.07, 6.45) is 1.39. The van der Waals surface area contributed by atoms with Crippen molar-refractivity contribution in [1.82, 2.24) is 0 Å². The van der Waals surface area contributed by atoms with Crippen LogP contribution in [-0.2, 0) is 0 Å². The first-order valence-corrected chi connectivity index (χ1v) is 7.67. The summed E-state index contributed by atoms with van der Waals surface area (Å²) in [5, 5.41) is 26.5. The lowest BCUT2D eigenvalue weighted by Crippen LogP contribution is -2.50. The molecule has 0 amide bonds. The second-order valence-electron chi connectivity index (χ2n) is 6.11. The summed E-state index contributed by atoms with van der Waals surface area (Å²) < 4.78 is 0. The standard InChI is InChI=1S/C8H17.C4H11NO3.Al.2H/c1-7(2)6-8(3,4)5;5-4(1-6,2-7)3-8;;;/h7H,1,6H2,2-5H3;6-8H,1-3,5H2;;;. The Morgan fingerprint density at radius 2 is 1.41 bits per heavy atom. The molecule has 0 spiro atoms. The highest BCUT2D eigenvalue weighted by Gasteiger charge is 2.20. The van der Waals surface area contributed by atoms with E-state index in [1.807, 2.05) is 0 Å². The number of hydrogen-bond donors (Lipinski definition) is 4. The summed E-state index contributed by atoms with van der Waals surface area (Å²) >= 11 is 1.37. The van der Waals surface area contributed by atoms with Gasteiger partial charge in [0.05, 0.1) is 25.4 Å². The van der Waals surface area contributed by atoms with Gasteiger partial charge in [-0.25, -0.2) is 0 Å². The molecule has 1 unspecified atom stereocenters. The molecule has 4 nitrogen and oxygen atoms in total. The van der Waals surface area contributed by atoms with E-state index in [1.54, 1.807) is 0 Å². The van der Waals surface area contributed by atoms with Gasteiger partial charge < -0.3 is 21.1 Å². The summed E-state index contributed by atoms with van der Waals surface area (Å²) in [5.74, 6) is 0.955. The van der Waals surface area contributed by atoms with Gasteiger partial charge in [0.1, 0.15) is 0 Å². The molecule has 0 saturated heterocycles. The lowest BCUT2D eigenvalue weighted by Gasteiger charge is -2.22. The van der Waals surface area contributed by atoms with E-state index in [2.05, 4.69) is 27.7 Å². The van der Waals surface area contributed by atoms with Gasteiger partial charge in [0, 0.05) is 0 Å². The maximum atomic E-state index is 8.34. The van der Waals surface area contributed by atoms with Gasteiger partial charge in [-0.3, -0.25) is 0 Å². The largest absolute Gasteiger partial charge is 0.394 e. The maximum absolute atomic E-state index is 8.34. The average Bonchev–Trinajstić information content (AvgIpc) is 2.26. The van der Waals surface area contributed by atoms with Crippen LogP contribution < -0.4 is 5.73 Å². The Kier molecular flexibility index (Phi) is 10.8. The van der Waals surface area contributed by atoms with Gasteiger partial charge in [0.25, 0.3) is 0 Å². The Morgan fingerprint density at radius 3 is 1.47 bits per heavy atom. The molecule has 0 heterocycles. The minimum absolute atomic E-state index is 0.403. The smallest absolute Gasteiger partial charge is 0.212 e. The molecule has 0 bridgehead atoms. The van der Waals surface area contributed by atoms with Gasteiger partial charge in [-0.15, -0.1) is 0 Å². The fourth-order valence-corrected chi connectivity index (χ4v) is 1.63. The van der Waals surface area contributed by atoms with E-state index in [9.17, 15) is 0 Å². The molecule has 0 aromatic carbocycles. The zero-order valence-corrected chi connectivity index (χ0v) is 14.0. The monoisotopic (exact) mass is 263 g/mol. The molecule has 0 aliphatic rings. The van der Waals surface area contributed by atoms with E-state index in [4.69, 9.17) is 21.1 Å². The molecule has 0 aliphatic carbocycles. The van der Waals surface area contributed by atoms with Crippen molar-refractivity contribution in [2.45, 2.75) is 44.9 Å². The molecule has 5 heteroatoms. The van der Waals surface area contributed by atoms with Crippen molar-refractivity contribution < 1.29 is 15.3 Å². The van der Waals surface area contributed by atoms with Gasteiger partial charge in [-0.2, -0.15) is 0 Å². The molecule has 17 heavy (non-hydrogen) atoms. The van der Waals surface area contributed by atoms with Crippen LogP contribution in [0.25, 0.3) is 0 Å². The van der Waals surface area contributed by atoms with Gasteiger partial charge in [-0.1, -0.05) is 38.9 Å². The molecule has 0 aromatic rings. The minimum Gasteiger partial charge on any atom is -0.394 e. The fraction of sp³-hybridized carbons (Fsp3) is 1.00. The third-order valence-corrected chi connectivity index (χ3v) is 4.00. The minimum atomic E-state index is -1.21. The fourth-order valence-electron chi connectivity index (χ4n) is 1.34. The van der Waals surface area contributed by atoms with E-state index in [0.29, 0.717) is 5.41 Å². The van der Waals surface area contributed by atoms with Crippen LogP contribution in [0.4, 0.5) is 0 Å². The Balaban J connectivity index is 0. The molecular weight excluding hydrogens is 233 g/mol. The predicted molar refractivity (Wildman–Crippen MR) is 74.8 cm³/mol. The average molecular weight is 263 g/mol. The van der Waals surface area contributed by atoms with Crippen LogP contribution in [0.2, 0.25) is 5.28 Å². The van der Waals surface area contributed by atoms with Crippen molar-refractivity contribution in [2.24, 2.45) is 17.1 Å². The van der Waals surface area contributed by atoms with Crippen molar-refractivity contribution in [2.75, 3.05) is 19.8 Å². The van der Waals surface area contributed by atoms with Gasteiger partial charge in [0.2, 0.25) is 16.3 Å². The van der Waals surface area contributed by atoms with Crippen molar-refractivity contribution in [1.29, 1.82) is 0 Å². The Bertz CT molecular complexity index is 171. The summed E-state index contributed by atoms with van der Waals surface area (Å²) in [5.41, 5.74) is 4.48. The summed E-state index contributed by atoms with van der Waals surface area (Å²) in [6.45, 7) is 8.11. The first-order valence-electron chi connectivity index (χ1n) is 6.25. The van der Waals surface area contributed by atoms with Crippen LogP contribution in [0.1, 0.15) is 34.1 Å². The number of rotatable bonds is 5. The van der Waals surface area contributed by atoms with E-state index in [-0.39, 0.29) is 0 Å². The van der Waals surface area contributed by atoms with Crippen LogP contribution in [0, 0.1) is 11.3 Å². The maximum Gasteiger partial charge on any atom is 0.212 e. The van der Waals surface area contributed by atoms with Crippen molar-refractivity contribution in [3.8, 4) is 0 Å². The van der Waals surface area contributed by atoms with Crippen LogP contribution >= 0.6 is 0 Å². The second-order valence-corrected chi connectivity index (χ2v) is 6.93. The first kappa shape index (κ1) is 19.7. The van der Waals surface area contributed by atoms with Gasteiger partial charge >= 0.3 is 0 Å². The van der Waals surface area contributed by atoms with Gasteiger partial charge in [0.15, 0.2) is 0 Å². The first-order chi connectivity index (χ1) is 7.64. The molecule has 0 radical (unpaired) electrons.